The highest BCUT2D eigenvalue weighted by molar-refractivity contribution is 7.20. The molecule has 0 saturated heterocycles. The molecule has 58 heteroatoms. The van der Waals surface area contributed by atoms with E-state index in [9.17, 15) is 122 Å². The smallest absolute Gasteiger partial charge is 0.306 e. The molecule has 2 aliphatic rings. The van der Waals surface area contributed by atoms with Gasteiger partial charge in [0.25, 0.3) is 11.8 Å². The number of fused-ring (bicyclic) bond motifs is 2. The third-order valence-corrected chi connectivity index (χ3v) is 22.7. The number of imide groups is 1. The number of carbonyl (C=O) groups excluding carboxylic acids is 16. The van der Waals surface area contributed by atoms with E-state index in [4.69, 9.17) is 81.6 Å². The second kappa shape index (κ2) is 72.3. The summed E-state index contributed by atoms with van der Waals surface area (Å²) in [6.45, 7) is -2.23. The first-order chi connectivity index (χ1) is 71.8. The number of hydrogen-bond donors (Lipinski definition) is 22. The molecule has 2 aliphatic heterocycles. The van der Waals surface area contributed by atoms with Gasteiger partial charge in [-0.25, -0.2) is 8.78 Å². The molecule has 0 aliphatic carbocycles. The molecule has 0 unspecified atom stereocenters. The van der Waals surface area contributed by atoms with Crippen LogP contribution in [0.2, 0.25) is 0 Å². The van der Waals surface area contributed by atoms with Crippen LogP contribution in [0.25, 0.3) is 10.1 Å². The number of aliphatic hydroxyl groups is 10. The van der Waals surface area contributed by atoms with Crippen LogP contribution in [0, 0.1) is 11.6 Å². The van der Waals surface area contributed by atoms with E-state index < -0.39 is 251 Å². The zero-order chi connectivity index (χ0) is 110. The monoisotopic (exact) mass is 2170 g/mol. The van der Waals surface area contributed by atoms with Crippen LogP contribution in [0.1, 0.15) is 98.4 Å². The molecule has 11 atom stereocenters. The second-order valence-corrected chi connectivity index (χ2v) is 34.2. The summed E-state index contributed by atoms with van der Waals surface area (Å²) in [5.74, 6) is -15.0. The van der Waals surface area contributed by atoms with E-state index in [1.807, 2.05) is 0 Å². The van der Waals surface area contributed by atoms with Gasteiger partial charge in [0.2, 0.25) is 70.9 Å². The van der Waals surface area contributed by atoms with Crippen LogP contribution in [-0.2, 0) is 137 Å². The van der Waals surface area contributed by atoms with Crippen molar-refractivity contribution in [3.63, 3.8) is 0 Å². The highest BCUT2D eigenvalue weighted by Gasteiger charge is 2.36. The van der Waals surface area contributed by atoms with Crippen LogP contribution >= 0.6 is 11.3 Å². The van der Waals surface area contributed by atoms with E-state index in [0.29, 0.717) is 41.6 Å². The van der Waals surface area contributed by atoms with Gasteiger partial charge in [0.05, 0.1) is 222 Å². The fraction of sp³-hybridized carbons (Fsp3) is 0.641. The van der Waals surface area contributed by atoms with Gasteiger partial charge in [-0.2, -0.15) is 0 Å². The minimum Gasteiger partial charge on any atom is -0.493 e. The Morgan fingerprint density at radius 3 is 1.31 bits per heavy atom. The molecule has 3 aromatic rings. The van der Waals surface area contributed by atoms with Crippen molar-refractivity contribution < 1.29 is 213 Å². The maximum absolute atomic E-state index is 16.0. The zero-order valence-electron chi connectivity index (χ0n) is 83.2. The van der Waals surface area contributed by atoms with E-state index in [-0.39, 0.29) is 235 Å². The van der Waals surface area contributed by atoms with Crippen LogP contribution in [0.4, 0.5) is 8.78 Å². The average Bonchev–Trinajstić information content (AvgIpc) is 1.64. The number of esters is 1. The van der Waals surface area contributed by atoms with Crippen molar-refractivity contribution in [1.82, 2.24) is 68.3 Å². The topological polar surface area (TPSA) is 781 Å². The molecule has 22 N–H and O–H groups in total. The lowest BCUT2D eigenvalue weighted by Crippen LogP contribution is -2.53. The highest BCUT2D eigenvalue weighted by Crippen LogP contribution is 2.42. The molecule has 150 heavy (non-hydrogen) atoms. The third-order valence-electron chi connectivity index (χ3n) is 21.6. The number of aliphatic carboxylic acids is 1. The van der Waals surface area contributed by atoms with Crippen LogP contribution in [-0.4, -0.2) is 458 Å². The number of amides is 14. The lowest BCUT2D eigenvalue weighted by molar-refractivity contribution is -0.148. The lowest BCUT2D eigenvalue weighted by Gasteiger charge is -2.26. The Morgan fingerprint density at radius 2 is 0.820 bits per heavy atom. The molecular formula is C92H137F2N13O42S. The first-order valence-electron chi connectivity index (χ1n) is 47.9. The fourth-order valence-corrected chi connectivity index (χ4v) is 14.4. The van der Waals surface area contributed by atoms with Gasteiger partial charge >= 0.3 is 11.9 Å². The SMILES string of the molecule is COc1cc2c(c(F)c1OCCCOc1c(OC)cc3sc(C(=O)CCC(=O)O[C@@H](C)CNC(=O)CCOCCNC(=O)CC[C@H](NC(=O)CN4C(=O)C=CC4=O)C(=O)NCC(=O)NCC(=O)NCC(=O)NCC(=O)NCCOCCOCCOCCOCCOCCOCCOCCOCCC(=O)N[C@@H](CCC(=O)NC[C@H](O)[C@@H](O)[C@H](O)[C@H](O)CO)C(=O)NC[C@H](O)[C@@H](O)[C@H](O)[C@H](O)CO)cc3c1F)CN(C(=O)CCC(=O)O)C2. The number of rotatable bonds is 83. The summed E-state index contributed by atoms with van der Waals surface area (Å²) in [6.07, 6.45) is -17.3. The standard InChI is InChI=1S/C92H137F2N13O42S/c1-54(149-82(129)14-7-60(110)68-40-56-67(150-68)41-66(137-3)90(83(56)93)148-20-4-19-147-89-65(136-2)39-55-49-106(50-57(55)84(89)94)78(124)12-13-81(127)128)42-97-71(117)15-21-138-23-17-95-69(115)8-5-59(105-77(123)51-107-79(125)10-11-80(107)126)92(135)103-48-76(122)101-47-75(121)100-46-74(120)99-45-73(119)96-18-24-140-26-28-142-30-32-144-34-36-146-38-37-145-35-33-143-31-29-141-27-25-139-22-16-72(118)104-58(91(134)102-44-62(112)86(131)88(133)64(114)53-109)6-9-70(116)98-43-61(111)85(130)87(132)63(113)52-108/h10-11,39-41,54,58-59,61-64,85-88,108-109,111-114,130-133H,4-9,12-38,42-53H2,1-3H3,(H,95,115)(H,96,119)(H,97,117)(H,98,116)(H,99,120)(H,100,121)(H,101,122)(H,102,134)(H,103,135)(H,104,118)(H,105,123)(H,127,128)/t54-,58-,59-,61-,62-,63+,64+,85+,86+,87+,88+/m0/s1. The van der Waals surface area contributed by atoms with E-state index in [0.717, 1.165) is 23.5 Å². The van der Waals surface area contributed by atoms with E-state index in [2.05, 4.69) is 58.5 Å². The summed E-state index contributed by atoms with van der Waals surface area (Å²) in [7, 11) is 2.61. The molecule has 14 amide bonds. The van der Waals surface area contributed by atoms with E-state index in [1.165, 1.54) is 44.2 Å². The number of nitrogens with one attached hydrogen (secondary N) is 11. The number of carboxylic acids is 1. The van der Waals surface area contributed by atoms with Gasteiger partial charge in [0, 0.05) is 118 Å². The number of nitrogens with zero attached hydrogens (tertiary/aromatic N) is 2. The number of Topliss-reactive ketones (excluding diaryl/α,β-unsaturated/α-hetero) is 1. The molecule has 0 fully saturated rings. The van der Waals surface area contributed by atoms with Crippen molar-refractivity contribution in [2.75, 3.05) is 225 Å². The van der Waals surface area contributed by atoms with Crippen molar-refractivity contribution in [3.05, 3.63) is 58.0 Å². The predicted molar refractivity (Wildman–Crippen MR) is 511 cm³/mol. The largest absolute Gasteiger partial charge is 0.493 e. The molecule has 0 radical (unpaired) electrons. The summed E-state index contributed by atoms with van der Waals surface area (Å²) in [6, 6.07) is 1.40. The van der Waals surface area contributed by atoms with Gasteiger partial charge in [-0.3, -0.25) is 86.4 Å². The first kappa shape index (κ1) is 128. The Hall–Kier alpha value is -12.2. The summed E-state index contributed by atoms with van der Waals surface area (Å²) in [5.41, 5.74) is 0.680. The average molecular weight is 2170 g/mol. The summed E-state index contributed by atoms with van der Waals surface area (Å²) < 4.78 is 109. The maximum atomic E-state index is 16.0. The number of carbonyl (C=O) groups is 17. The highest BCUT2D eigenvalue weighted by atomic mass is 32.1. The number of methoxy groups -OCH3 is 2. The van der Waals surface area contributed by atoms with Gasteiger partial charge in [-0.1, -0.05) is 0 Å². The number of thiophene rings is 1. The van der Waals surface area contributed by atoms with Crippen molar-refractivity contribution >= 4 is 122 Å². The number of aliphatic hydroxyl groups excluding tert-OH is 10. The van der Waals surface area contributed by atoms with Gasteiger partial charge in [-0.05, 0) is 37.5 Å². The molecule has 55 nitrogen and oxygen atoms in total. The minimum atomic E-state index is -2.02. The molecule has 0 saturated carbocycles. The van der Waals surface area contributed by atoms with Crippen molar-refractivity contribution in [2.24, 2.45) is 0 Å². The number of halogens is 2. The van der Waals surface area contributed by atoms with Crippen molar-refractivity contribution in [3.8, 4) is 23.0 Å². The van der Waals surface area contributed by atoms with E-state index >= 15 is 8.78 Å². The summed E-state index contributed by atoms with van der Waals surface area (Å²) >= 11 is 0.960. The fourth-order valence-electron chi connectivity index (χ4n) is 13.3. The van der Waals surface area contributed by atoms with Gasteiger partial charge in [-0.15, -0.1) is 11.3 Å². The molecular weight excluding hydrogens is 2030 g/mol. The number of ether oxygens (including phenoxy) is 14. The molecule has 3 heterocycles. The van der Waals surface area contributed by atoms with Gasteiger partial charge < -0.3 is 186 Å². The van der Waals surface area contributed by atoms with Crippen LogP contribution in [0.3, 0.4) is 0 Å². The first-order valence-corrected chi connectivity index (χ1v) is 48.7. The number of hydrogen-bond acceptors (Lipinski definition) is 42. The normalized spacial score (nSPS) is 14.3. The third kappa shape index (κ3) is 49.7. The summed E-state index contributed by atoms with van der Waals surface area (Å²) in [5, 5.41) is 132. The van der Waals surface area contributed by atoms with E-state index in [1.54, 1.807) is 0 Å². The number of benzene rings is 2. The summed E-state index contributed by atoms with van der Waals surface area (Å²) in [4.78, 5) is 216. The number of carboxylic acid groups (broad SMARTS) is 1. The Balaban J connectivity index is 0.824. The van der Waals surface area contributed by atoms with Crippen LogP contribution in [0.15, 0.2) is 30.4 Å². The van der Waals surface area contributed by atoms with Crippen LogP contribution in [0.5, 0.6) is 23.0 Å². The Morgan fingerprint density at radius 1 is 0.413 bits per heavy atom. The molecule has 842 valence electrons. The maximum Gasteiger partial charge on any atom is 0.306 e. The van der Waals surface area contributed by atoms with Gasteiger partial charge in [0.1, 0.15) is 61.4 Å². The lowest BCUT2D eigenvalue weighted by atomic mass is 10.0. The Kier molecular flexibility index (Phi) is 61.9. The minimum absolute atomic E-state index is 0.0169. The van der Waals surface area contributed by atoms with Crippen molar-refractivity contribution in [1.29, 1.82) is 0 Å². The molecule has 0 bridgehead atoms. The van der Waals surface area contributed by atoms with Crippen molar-refractivity contribution in [2.45, 2.75) is 158 Å². The quantitative estimate of drug-likeness (QED) is 0.0108. The second-order valence-electron chi connectivity index (χ2n) is 33.1. The van der Waals surface area contributed by atoms with Crippen LogP contribution < -0.4 is 77.4 Å². The molecule has 1 aromatic heterocycles. The van der Waals surface area contributed by atoms with Gasteiger partial charge in [0.15, 0.2) is 40.4 Å². The number of ketones is 1. The molecule has 0 spiro atoms. The Labute approximate surface area is 863 Å². The molecule has 2 aromatic carbocycles. The zero-order valence-corrected chi connectivity index (χ0v) is 84.0. The molecule has 5 rings (SSSR count). The predicted octanol–water partition coefficient (Wildman–Crippen LogP) is -9.05. The Bertz CT molecular complexity index is 4840.